The number of sulfonamides is 1. The molecule has 159 valence electrons. The van der Waals surface area contributed by atoms with E-state index in [1.54, 1.807) is 6.07 Å². The van der Waals surface area contributed by atoms with Gasteiger partial charge in [-0.3, -0.25) is 4.79 Å². The molecule has 4 rings (SSSR count). The lowest BCUT2D eigenvalue weighted by atomic mass is 10.1. The number of hydrogen-bond donors (Lipinski definition) is 3. The number of nitrogens with one attached hydrogen (secondary N) is 3. The molecular formula is C18H19FN5O5S. The third kappa shape index (κ3) is 3.13. The average Bonchev–Trinajstić information content (AvgIpc) is 3.07. The quantitative estimate of drug-likeness (QED) is 0.641. The second-order valence-corrected chi connectivity index (χ2v) is 8.50. The summed E-state index contributed by atoms with van der Waals surface area (Å²) in [6, 6.07) is 2.31. The maximum Gasteiger partial charge on any atom is 0.336 e. The van der Waals surface area contributed by atoms with E-state index < -0.39 is 40.4 Å². The molecule has 0 unspecified atom stereocenters. The number of allylic oxidation sites excluding steroid dienone is 1. The number of hydrogen-bond acceptors (Lipinski definition) is 7. The maximum absolute atomic E-state index is 14.3. The molecule has 12 heteroatoms. The highest BCUT2D eigenvalue weighted by Crippen LogP contribution is 2.35. The van der Waals surface area contributed by atoms with Gasteiger partial charge >= 0.3 is 6.03 Å². The average molecular weight is 436 g/mol. The Morgan fingerprint density at radius 1 is 1.50 bits per heavy atom. The minimum Gasteiger partial charge on any atom is -0.491 e. The van der Waals surface area contributed by atoms with E-state index in [1.165, 1.54) is 25.6 Å². The van der Waals surface area contributed by atoms with Crippen LogP contribution in [0.25, 0.3) is 0 Å². The Kier molecular flexibility index (Phi) is 4.62. The van der Waals surface area contributed by atoms with Crippen molar-refractivity contribution in [3.05, 3.63) is 58.0 Å². The molecule has 0 bridgehead atoms. The Hall–Kier alpha value is -3.59. The molecule has 0 spiro atoms. The normalized spacial score (nSPS) is 21.4. The van der Waals surface area contributed by atoms with E-state index >= 15 is 0 Å². The summed E-state index contributed by atoms with van der Waals surface area (Å²) >= 11 is 0. The minimum absolute atomic E-state index is 0. The van der Waals surface area contributed by atoms with Crippen LogP contribution in [0.5, 0.6) is 5.75 Å². The van der Waals surface area contributed by atoms with Gasteiger partial charge in [-0.2, -0.15) is 5.26 Å². The molecule has 1 saturated heterocycles. The zero-order valence-corrected chi connectivity index (χ0v) is 16.3. The summed E-state index contributed by atoms with van der Waals surface area (Å²) in [6.45, 7) is 2.11. The monoisotopic (exact) mass is 436 g/mol. The van der Waals surface area contributed by atoms with E-state index in [9.17, 15) is 22.4 Å². The van der Waals surface area contributed by atoms with Crippen LogP contribution in [0, 0.1) is 23.7 Å². The molecule has 1 fully saturated rings. The van der Waals surface area contributed by atoms with Crippen LogP contribution in [0.2, 0.25) is 0 Å². The summed E-state index contributed by atoms with van der Waals surface area (Å²) in [7, 11) is -4.28. The smallest absolute Gasteiger partial charge is 0.336 e. The predicted octanol–water partition coefficient (Wildman–Crippen LogP) is 0.974. The topological polar surface area (TPSA) is 141 Å². The fourth-order valence-electron chi connectivity index (χ4n) is 3.43. The van der Waals surface area contributed by atoms with Gasteiger partial charge in [0.25, 0.3) is 10.0 Å². The van der Waals surface area contributed by atoms with Crippen LogP contribution in [-0.4, -0.2) is 37.8 Å². The molecule has 3 aliphatic rings. The Morgan fingerprint density at radius 3 is 3.00 bits per heavy atom. The van der Waals surface area contributed by atoms with Gasteiger partial charge in [-0.05, 0) is 25.1 Å². The van der Waals surface area contributed by atoms with Crippen LogP contribution >= 0.6 is 0 Å². The highest BCUT2D eigenvalue weighted by Gasteiger charge is 2.42. The maximum atomic E-state index is 14.3. The summed E-state index contributed by atoms with van der Waals surface area (Å²) in [5.41, 5.74) is 0.539. The number of halogens is 1. The van der Waals surface area contributed by atoms with Gasteiger partial charge in [0.2, 0.25) is 5.91 Å². The van der Waals surface area contributed by atoms with Gasteiger partial charge < -0.3 is 20.7 Å². The van der Waals surface area contributed by atoms with E-state index in [1.807, 2.05) is 0 Å². The van der Waals surface area contributed by atoms with Gasteiger partial charge in [0, 0.05) is 8.55 Å². The first-order valence-corrected chi connectivity index (χ1v) is 10.2. The molecule has 3 aliphatic heterocycles. The number of dihydropyridines is 1. The number of benzene rings is 1. The summed E-state index contributed by atoms with van der Waals surface area (Å²) in [5, 5.41) is 16.6. The number of carbonyl (C=O) groups is 2. The number of urea groups is 1. The lowest BCUT2D eigenvalue weighted by molar-refractivity contribution is -0.121. The van der Waals surface area contributed by atoms with Gasteiger partial charge in [0.15, 0.2) is 0 Å². The molecule has 10 nitrogen and oxygen atoms in total. The molecule has 3 amide bonds. The van der Waals surface area contributed by atoms with E-state index in [0.29, 0.717) is 10.0 Å². The first-order valence-electron chi connectivity index (χ1n) is 8.73. The molecule has 30 heavy (non-hydrogen) atoms. The van der Waals surface area contributed by atoms with Crippen molar-refractivity contribution in [2.24, 2.45) is 0 Å². The van der Waals surface area contributed by atoms with Crippen molar-refractivity contribution in [1.82, 2.24) is 20.3 Å². The molecule has 1 aromatic rings. The summed E-state index contributed by atoms with van der Waals surface area (Å²) in [6.07, 6.45) is 1.40. The molecule has 3 heterocycles. The largest absolute Gasteiger partial charge is 0.491 e. The second-order valence-electron chi connectivity index (χ2n) is 6.70. The van der Waals surface area contributed by atoms with Crippen molar-refractivity contribution in [3.63, 3.8) is 0 Å². The molecule has 1 aromatic carbocycles. The third-order valence-electron chi connectivity index (χ3n) is 4.75. The van der Waals surface area contributed by atoms with Crippen molar-refractivity contribution < 1.29 is 30.0 Å². The lowest BCUT2D eigenvalue weighted by Gasteiger charge is -2.33. The first kappa shape index (κ1) is 19.7. The highest BCUT2D eigenvalue weighted by atomic mass is 32.2. The van der Waals surface area contributed by atoms with Gasteiger partial charge in [-0.1, -0.05) is 0 Å². The van der Waals surface area contributed by atoms with Crippen molar-refractivity contribution in [1.29, 1.82) is 5.26 Å². The first-order chi connectivity index (χ1) is 14.2. The Morgan fingerprint density at radius 2 is 2.27 bits per heavy atom. The summed E-state index contributed by atoms with van der Waals surface area (Å²) in [4.78, 5) is 24.7. The molecule has 3 N–H and O–H groups in total. The number of amides is 3. The number of nitrogens with zero attached hydrogens (tertiary/aromatic N) is 2. The van der Waals surface area contributed by atoms with Gasteiger partial charge in [0.05, 0.1) is 35.5 Å². The van der Waals surface area contributed by atoms with E-state index in [0.717, 1.165) is 6.07 Å². The molecule has 0 aromatic heterocycles. The molecule has 0 saturated carbocycles. The zero-order chi connectivity index (χ0) is 21.6. The lowest BCUT2D eigenvalue weighted by Crippen LogP contribution is -2.54. The van der Waals surface area contributed by atoms with Crippen molar-refractivity contribution in [2.75, 3.05) is 13.2 Å². The fourth-order valence-corrected chi connectivity index (χ4v) is 5.05. The van der Waals surface area contributed by atoms with E-state index in [-0.39, 0.29) is 36.9 Å². The third-order valence-corrected chi connectivity index (χ3v) is 6.67. The van der Waals surface area contributed by atoms with Crippen LogP contribution in [0.1, 0.15) is 26.9 Å². The fraction of sp³-hybridized carbons (Fsp3) is 0.222. The summed E-state index contributed by atoms with van der Waals surface area (Å²) < 4.78 is 45.8. The van der Waals surface area contributed by atoms with E-state index in [2.05, 4.69) is 16.0 Å². The zero-order valence-electron chi connectivity index (χ0n) is 15.5. The highest BCUT2D eigenvalue weighted by molar-refractivity contribution is 7.94. The molecule has 1 radical (unpaired) electrons. The van der Waals surface area contributed by atoms with Gasteiger partial charge in [-0.25, -0.2) is 21.9 Å². The minimum atomic E-state index is -4.28. The number of ether oxygens (including phenoxy) is 1. The molecular weight excluding hydrogens is 417 g/mol. The number of rotatable bonds is 3. The molecule has 0 aliphatic carbocycles. The van der Waals surface area contributed by atoms with Crippen molar-refractivity contribution in [2.45, 2.75) is 13.0 Å². The number of nitriles is 1. The summed E-state index contributed by atoms with van der Waals surface area (Å²) in [5.74, 6) is -1.42. The molecule has 1 atom stereocenters. The van der Waals surface area contributed by atoms with Gasteiger partial charge in [0.1, 0.15) is 29.6 Å². The second kappa shape index (κ2) is 7.03. The SMILES string of the molecule is CC1=C2C(=C[CH]N1)NC(=O)N(CC(=O)N[C@@H]1COc3cc(C#N)cc(F)c31)S2(=O)=O.[HH].[HH]. The predicted molar refractivity (Wildman–Crippen MR) is 104 cm³/mol. The Balaban J connectivity index is 0.00000181. The van der Waals surface area contributed by atoms with Gasteiger partial charge in [-0.15, -0.1) is 0 Å². The number of carbonyl (C=O) groups excluding carboxylic acids is 2. The van der Waals surface area contributed by atoms with Crippen LogP contribution in [0.15, 0.2) is 34.5 Å². The van der Waals surface area contributed by atoms with Crippen LogP contribution < -0.4 is 20.7 Å². The Bertz CT molecular complexity index is 1190. The van der Waals surface area contributed by atoms with Crippen LogP contribution in [0.3, 0.4) is 0 Å². The van der Waals surface area contributed by atoms with Crippen LogP contribution in [0.4, 0.5) is 9.18 Å². The van der Waals surface area contributed by atoms with Crippen LogP contribution in [-0.2, 0) is 14.8 Å². The number of fused-ring (bicyclic) bond motifs is 2. The van der Waals surface area contributed by atoms with Crippen molar-refractivity contribution >= 4 is 22.0 Å². The van der Waals surface area contributed by atoms with Crippen molar-refractivity contribution in [3.8, 4) is 11.8 Å². The standard InChI is InChI=1S/C18H15FN5O5S.2H2/c1-9-17-12(2-3-21-9)23-18(26)24(30(17,27)28)7-15(25)22-13-8-29-14-5-10(6-20)4-11(19)16(13)14;;/h2-5,13,21H,7-8H2,1H3,(H,22,25)(H,23,26);2*1H/t13-;;/m1../s1. The van der Waals surface area contributed by atoms with E-state index in [4.69, 9.17) is 10.00 Å². The Labute approximate surface area is 174 Å².